The van der Waals surface area contributed by atoms with Gasteiger partial charge in [-0.1, -0.05) is 54.6 Å². The minimum Gasteiger partial charge on any atom is -0.488 e. The zero-order chi connectivity index (χ0) is 31.8. The van der Waals surface area contributed by atoms with Gasteiger partial charge >= 0.3 is 11.7 Å². The fraction of sp³-hybridized carbons (Fsp3) is 0.219. The smallest absolute Gasteiger partial charge is 0.325 e. The van der Waals surface area contributed by atoms with Crippen LogP contribution >= 0.6 is 15.9 Å². The molecule has 4 aromatic carbocycles. The number of hydrogen-bond acceptors (Lipinski definition) is 11. The van der Waals surface area contributed by atoms with E-state index in [4.69, 9.17) is 18.8 Å². The summed E-state index contributed by atoms with van der Waals surface area (Å²) in [6.07, 6.45) is 0. The van der Waals surface area contributed by atoms with Gasteiger partial charge in [-0.2, -0.15) is 0 Å². The SMILES string of the molecule is CCOC(=O)[C@@H](CO)NCc1cc([N+](=O)[O-])c(OCc2cccc(-c3ccccc3)c2Br)cc1OCc1ccc2nonc2c1. The van der Waals surface area contributed by atoms with E-state index in [0.29, 0.717) is 16.6 Å². The van der Waals surface area contributed by atoms with E-state index < -0.39 is 23.5 Å². The molecule has 0 radical (unpaired) electrons. The Bertz CT molecular complexity index is 1800. The molecule has 0 saturated carbocycles. The molecule has 2 N–H and O–H groups in total. The molecule has 1 aromatic heterocycles. The maximum absolute atomic E-state index is 12.2. The van der Waals surface area contributed by atoms with Gasteiger partial charge in [0.05, 0.1) is 18.1 Å². The van der Waals surface area contributed by atoms with Crippen LogP contribution < -0.4 is 14.8 Å². The summed E-state index contributed by atoms with van der Waals surface area (Å²) in [6.45, 7) is 1.34. The summed E-state index contributed by atoms with van der Waals surface area (Å²) in [5.74, 6) is -0.370. The van der Waals surface area contributed by atoms with Crippen molar-refractivity contribution in [2.24, 2.45) is 0 Å². The number of nitrogens with one attached hydrogen (secondary N) is 1. The van der Waals surface area contributed by atoms with Crippen LogP contribution in [0.2, 0.25) is 0 Å². The van der Waals surface area contributed by atoms with E-state index in [-0.39, 0.29) is 43.6 Å². The molecule has 0 amide bonds. The van der Waals surface area contributed by atoms with Gasteiger partial charge in [0, 0.05) is 34.3 Å². The first-order valence-corrected chi connectivity index (χ1v) is 14.8. The molecule has 0 unspecified atom stereocenters. The average Bonchev–Trinajstić information content (AvgIpc) is 3.52. The summed E-state index contributed by atoms with van der Waals surface area (Å²) < 4.78 is 22.8. The second-order valence-corrected chi connectivity index (χ2v) is 10.7. The minimum atomic E-state index is -1.04. The molecule has 1 heterocycles. The van der Waals surface area contributed by atoms with E-state index in [1.807, 2.05) is 48.5 Å². The quantitative estimate of drug-likeness (QED) is 0.0840. The van der Waals surface area contributed by atoms with Crippen LogP contribution in [-0.4, -0.2) is 45.6 Å². The molecule has 0 saturated heterocycles. The third-order valence-corrected chi connectivity index (χ3v) is 7.83. The molecule has 45 heavy (non-hydrogen) atoms. The average molecular weight is 678 g/mol. The molecule has 0 aliphatic rings. The van der Waals surface area contributed by atoms with E-state index in [9.17, 15) is 20.0 Å². The maximum Gasteiger partial charge on any atom is 0.325 e. The molecule has 0 bridgehead atoms. The van der Waals surface area contributed by atoms with Crippen LogP contribution in [0.15, 0.2) is 88.0 Å². The molecule has 12 nitrogen and oxygen atoms in total. The molecule has 232 valence electrons. The number of rotatable bonds is 14. The van der Waals surface area contributed by atoms with E-state index in [0.717, 1.165) is 26.7 Å². The number of ether oxygens (including phenoxy) is 3. The highest BCUT2D eigenvalue weighted by Crippen LogP contribution is 2.37. The van der Waals surface area contributed by atoms with Gasteiger partial charge < -0.3 is 19.3 Å². The number of aliphatic hydroxyl groups excluding tert-OH is 1. The summed E-state index contributed by atoms with van der Waals surface area (Å²) >= 11 is 3.67. The zero-order valence-corrected chi connectivity index (χ0v) is 25.7. The van der Waals surface area contributed by atoms with Gasteiger partial charge in [-0.25, -0.2) is 4.63 Å². The number of aliphatic hydroxyl groups is 1. The number of carbonyl (C=O) groups excluding carboxylic acids is 1. The maximum atomic E-state index is 12.2. The first kappa shape index (κ1) is 31.6. The first-order valence-electron chi connectivity index (χ1n) is 14.0. The van der Waals surface area contributed by atoms with Gasteiger partial charge in [0.15, 0.2) is 0 Å². The summed E-state index contributed by atoms with van der Waals surface area (Å²) in [5.41, 5.74) is 4.71. The van der Waals surface area contributed by atoms with Crippen LogP contribution in [0.25, 0.3) is 22.2 Å². The number of nitro groups is 1. The van der Waals surface area contributed by atoms with Gasteiger partial charge in [0.2, 0.25) is 5.75 Å². The minimum absolute atomic E-state index is 0.00369. The Morgan fingerprint density at radius 2 is 1.76 bits per heavy atom. The number of fused-ring (bicyclic) bond motifs is 1. The van der Waals surface area contributed by atoms with Crippen molar-refractivity contribution >= 4 is 38.6 Å². The largest absolute Gasteiger partial charge is 0.488 e. The molecule has 0 aliphatic heterocycles. The van der Waals surface area contributed by atoms with Crippen LogP contribution in [0.3, 0.4) is 0 Å². The van der Waals surface area contributed by atoms with Crippen molar-refractivity contribution in [1.29, 1.82) is 0 Å². The van der Waals surface area contributed by atoms with Crippen LogP contribution in [0.1, 0.15) is 23.6 Å². The fourth-order valence-electron chi connectivity index (χ4n) is 4.59. The van der Waals surface area contributed by atoms with Gasteiger partial charge in [-0.15, -0.1) is 0 Å². The Morgan fingerprint density at radius 1 is 0.978 bits per heavy atom. The van der Waals surface area contributed by atoms with Crippen molar-refractivity contribution in [1.82, 2.24) is 15.6 Å². The molecule has 0 fully saturated rings. The lowest BCUT2D eigenvalue weighted by Crippen LogP contribution is -2.40. The Kier molecular flexibility index (Phi) is 10.3. The Hall–Kier alpha value is -4.85. The van der Waals surface area contributed by atoms with Crippen molar-refractivity contribution in [3.8, 4) is 22.6 Å². The van der Waals surface area contributed by atoms with E-state index in [1.54, 1.807) is 25.1 Å². The molecule has 13 heteroatoms. The van der Waals surface area contributed by atoms with Crippen molar-refractivity contribution in [3.05, 3.63) is 110 Å². The lowest BCUT2D eigenvalue weighted by Gasteiger charge is -2.18. The first-order chi connectivity index (χ1) is 21.9. The highest BCUT2D eigenvalue weighted by atomic mass is 79.9. The van der Waals surface area contributed by atoms with Gasteiger partial charge in [0.25, 0.3) is 0 Å². The third-order valence-electron chi connectivity index (χ3n) is 6.89. The van der Waals surface area contributed by atoms with Crippen molar-refractivity contribution in [2.75, 3.05) is 13.2 Å². The lowest BCUT2D eigenvalue weighted by molar-refractivity contribution is -0.386. The summed E-state index contributed by atoms with van der Waals surface area (Å²) in [5, 5.41) is 32.5. The highest BCUT2D eigenvalue weighted by Gasteiger charge is 2.24. The number of halogens is 1. The molecule has 0 spiro atoms. The van der Waals surface area contributed by atoms with Crippen LogP contribution in [0, 0.1) is 10.1 Å². The summed E-state index contributed by atoms with van der Waals surface area (Å²) in [4.78, 5) is 23.9. The van der Waals surface area contributed by atoms with E-state index in [2.05, 4.69) is 31.6 Å². The normalized spacial score (nSPS) is 11.7. The van der Waals surface area contributed by atoms with Gasteiger partial charge in [0.1, 0.15) is 36.0 Å². The number of nitrogens with zero attached hydrogens (tertiary/aromatic N) is 3. The van der Waals surface area contributed by atoms with Crippen molar-refractivity contribution in [2.45, 2.75) is 32.7 Å². The van der Waals surface area contributed by atoms with Crippen LogP contribution in [0.4, 0.5) is 5.69 Å². The molecular formula is C32H29BrN4O8. The van der Waals surface area contributed by atoms with Crippen molar-refractivity contribution in [3.63, 3.8) is 0 Å². The number of hydrogen-bond donors (Lipinski definition) is 2. The Morgan fingerprint density at radius 3 is 2.51 bits per heavy atom. The predicted octanol–water partition coefficient (Wildman–Crippen LogP) is 5.73. The molecule has 0 aliphatic carbocycles. The Labute approximate surface area is 266 Å². The van der Waals surface area contributed by atoms with Gasteiger partial charge in [-0.3, -0.25) is 20.2 Å². The predicted molar refractivity (Wildman–Crippen MR) is 167 cm³/mol. The number of esters is 1. The molecule has 5 rings (SSSR count). The topological polar surface area (TPSA) is 159 Å². The van der Waals surface area contributed by atoms with Crippen molar-refractivity contribution < 1.29 is 33.7 Å². The molecule has 1 atom stereocenters. The summed E-state index contributed by atoms with van der Waals surface area (Å²) in [6, 6.07) is 22.6. The Balaban J connectivity index is 1.44. The lowest BCUT2D eigenvalue weighted by atomic mass is 10.0. The monoisotopic (exact) mass is 676 g/mol. The molecule has 5 aromatic rings. The summed E-state index contributed by atoms with van der Waals surface area (Å²) in [7, 11) is 0. The van der Waals surface area contributed by atoms with E-state index >= 15 is 0 Å². The fourth-order valence-corrected chi connectivity index (χ4v) is 5.20. The van der Waals surface area contributed by atoms with E-state index in [1.165, 1.54) is 12.1 Å². The third kappa shape index (κ3) is 7.63. The standard InChI is InChI=1S/C32H29BrN4O8/c1-2-42-32(39)27(17-38)34-16-23-14-28(37(40)41)30(15-29(23)43-18-20-11-12-25-26(13-20)36-45-35-25)44-19-22-9-6-10-24(31(22)33)21-7-4-3-5-8-21/h3-15,27,34,38H,2,16-19H2,1H3/t27-/m1/s1. The number of aromatic nitrogens is 2. The highest BCUT2D eigenvalue weighted by molar-refractivity contribution is 9.10. The zero-order valence-electron chi connectivity index (χ0n) is 24.1. The van der Waals surface area contributed by atoms with Gasteiger partial charge in [-0.05, 0) is 62.0 Å². The second kappa shape index (κ2) is 14.8. The number of nitro benzene ring substituents is 1. The number of carbonyl (C=O) groups is 1. The van der Waals surface area contributed by atoms with Crippen LogP contribution in [0.5, 0.6) is 11.5 Å². The second-order valence-electron chi connectivity index (χ2n) is 9.86. The number of benzene rings is 4. The van der Waals surface area contributed by atoms with Crippen LogP contribution in [-0.2, 0) is 29.3 Å². The molecular weight excluding hydrogens is 648 g/mol.